The van der Waals surface area contributed by atoms with Gasteiger partial charge in [-0.1, -0.05) is 0 Å². The van der Waals surface area contributed by atoms with E-state index in [0.29, 0.717) is 6.61 Å². The fourth-order valence-electron chi connectivity index (χ4n) is 0.241. The highest BCUT2D eigenvalue weighted by Crippen LogP contribution is 1.75. The SMILES string of the molecule is CC#N.COCC(C)O. The van der Waals surface area contributed by atoms with Crippen LogP contribution >= 0.6 is 0 Å². The number of nitriles is 1. The fraction of sp³-hybridized carbons (Fsp3) is 0.833. The van der Waals surface area contributed by atoms with E-state index in [1.165, 1.54) is 6.92 Å². The van der Waals surface area contributed by atoms with Crippen LogP contribution in [-0.4, -0.2) is 24.9 Å². The van der Waals surface area contributed by atoms with Crippen molar-refractivity contribution in [3.63, 3.8) is 0 Å². The Morgan fingerprint density at radius 1 is 1.78 bits per heavy atom. The summed E-state index contributed by atoms with van der Waals surface area (Å²) in [6.07, 6.45) is -0.324. The van der Waals surface area contributed by atoms with Gasteiger partial charge in [-0.3, -0.25) is 0 Å². The molecule has 0 bridgehead atoms. The van der Waals surface area contributed by atoms with E-state index in [9.17, 15) is 0 Å². The molecule has 0 aliphatic carbocycles. The Morgan fingerprint density at radius 2 is 2.11 bits per heavy atom. The molecular formula is C6H13NO2. The van der Waals surface area contributed by atoms with Crippen LogP contribution in [0, 0.1) is 11.3 Å². The van der Waals surface area contributed by atoms with Crippen molar-refractivity contribution in [1.29, 1.82) is 5.26 Å². The molecule has 0 saturated carbocycles. The number of methoxy groups -OCH3 is 1. The Morgan fingerprint density at radius 3 is 2.11 bits per heavy atom. The molecule has 0 rings (SSSR count). The summed E-state index contributed by atoms with van der Waals surface area (Å²) in [6.45, 7) is 3.55. The van der Waals surface area contributed by atoms with Gasteiger partial charge in [0.05, 0.1) is 18.8 Å². The molecule has 0 aliphatic rings. The third-order valence-corrected chi connectivity index (χ3v) is 0.408. The molecule has 54 valence electrons. The van der Waals surface area contributed by atoms with Crippen LogP contribution in [0.25, 0.3) is 0 Å². The van der Waals surface area contributed by atoms with Crippen LogP contribution in [0.2, 0.25) is 0 Å². The summed E-state index contributed by atoms with van der Waals surface area (Å²) in [5.74, 6) is 0. The second-order valence-corrected chi connectivity index (χ2v) is 1.53. The Kier molecular flexibility index (Phi) is 13.0. The van der Waals surface area contributed by atoms with Crippen molar-refractivity contribution in [3.8, 4) is 6.07 Å². The molecule has 0 aromatic rings. The third kappa shape index (κ3) is 37.3. The first kappa shape index (κ1) is 11.2. The van der Waals surface area contributed by atoms with Gasteiger partial charge in [-0.2, -0.15) is 5.26 Å². The molecule has 0 heterocycles. The van der Waals surface area contributed by atoms with Crippen molar-refractivity contribution < 1.29 is 9.84 Å². The summed E-state index contributed by atoms with van der Waals surface area (Å²) in [6, 6.07) is 1.75. The molecule has 0 saturated heterocycles. The monoisotopic (exact) mass is 131 g/mol. The molecule has 0 fully saturated rings. The maximum Gasteiger partial charge on any atom is 0.0745 e. The first-order chi connectivity index (χ1) is 4.18. The van der Waals surface area contributed by atoms with Crippen LogP contribution in [0.1, 0.15) is 13.8 Å². The van der Waals surface area contributed by atoms with Gasteiger partial charge < -0.3 is 9.84 Å². The zero-order valence-corrected chi connectivity index (χ0v) is 6.09. The average molecular weight is 131 g/mol. The fourth-order valence-corrected chi connectivity index (χ4v) is 0.241. The van der Waals surface area contributed by atoms with Gasteiger partial charge in [0.1, 0.15) is 0 Å². The van der Waals surface area contributed by atoms with Gasteiger partial charge in [-0.25, -0.2) is 0 Å². The lowest BCUT2D eigenvalue weighted by molar-refractivity contribution is 0.0765. The summed E-state index contributed by atoms with van der Waals surface area (Å²) in [5.41, 5.74) is 0. The predicted octanol–water partition coefficient (Wildman–Crippen LogP) is 0.543. The second-order valence-electron chi connectivity index (χ2n) is 1.53. The topological polar surface area (TPSA) is 53.2 Å². The molecule has 1 atom stereocenters. The van der Waals surface area contributed by atoms with Crippen molar-refractivity contribution in [2.45, 2.75) is 20.0 Å². The standard InChI is InChI=1S/C4H10O2.C2H3N/c1-4(5)3-6-2;1-2-3/h4-5H,3H2,1-2H3;1H3. The van der Waals surface area contributed by atoms with Crippen molar-refractivity contribution in [2.24, 2.45) is 0 Å². The molecule has 3 heteroatoms. The van der Waals surface area contributed by atoms with Gasteiger partial charge in [0.25, 0.3) is 0 Å². The van der Waals surface area contributed by atoms with E-state index in [2.05, 4.69) is 4.74 Å². The number of rotatable bonds is 2. The maximum absolute atomic E-state index is 8.43. The van der Waals surface area contributed by atoms with E-state index >= 15 is 0 Å². The van der Waals surface area contributed by atoms with Crippen LogP contribution in [0.4, 0.5) is 0 Å². The summed E-state index contributed by atoms with van der Waals surface area (Å²) in [5, 5.41) is 15.7. The molecule has 0 aliphatic heterocycles. The lowest BCUT2D eigenvalue weighted by Gasteiger charge is -1.97. The Hall–Kier alpha value is -0.590. The van der Waals surface area contributed by atoms with Crippen LogP contribution in [0.3, 0.4) is 0 Å². The minimum atomic E-state index is -0.324. The van der Waals surface area contributed by atoms with Gasteiger partial charge in [0, 0.05) is 14.0 Å². The minimum absolute atomic E-state index is 0.324. The minimum Gasteiger partial charge on any atom is -0.391 e. The molecule has 0 aromatic carbocycles. The number of hydrogen-bond acceptors (Lipinski definition) is 3. The second kappa shape index (κ2) is 10.4. The van der Waals surface area contributed by atoms with E-state index in [1.54, 1.807) is 20.1 Å². The number of hydrogen-bond donors (Lipinski definition) is 1. The summed E-state index contributed by atoms with van der Waals surface area (Å²) < 4.78 is 4.55. The number of ether oxygens (including phenoxy) is 1. The summed E-state index contributed by atoms with van der Waals surface area (Å²) in [4.78, 5) is 0. The highest BCUT2D eigenvalue weighted by molar-refractivity contribution is 4.51. The highest BCUT2D eigenvalue weighted by Gasteiger charge is 1.87. The van der Waals surface area contributed by atoms with Crippen molar-refractivity contribution in [1.82, 2.24) is 0 Å². The molecule has 0 aromatic heterocycles. The van der Waals surface area contributed by atoms with Gasteiger partial charge >= 0.3 is 0 Å². The zero-order chi connectivity index (χ0) is 7.70. The van der Waals surface area contributed by atoms with Crippen LogP contribution in [0.5, 0.6) is 0 Å². The van der Waals surface area contributed by atoms with Crippen LogP contribution in [0.15, 0.2) is 0 Å². The van der Waals surface area contributed by atoms with E-state index in [1.807, 2.05) is 0 Å². The Labute approximate surface area is 55.9 Å². The normalized spacial score (nSPS) is 10.6. The number of aliphatic hydroxyl groups excluding tert-OH is 1. The number of aliphatic hydroxyl groups is 1. The number of nitrogens with zero attached hydrogens (tertiary/aromatic N) is 1. The molecule has 0 amide bonds. The summed E-state index contributed by atoms with van der Waals surface area (Å²) >= 11 is 0. The van der Waals surface area contributed by atoms with Crippen LogP contribution in [-0.2, 0) is 4.74 Å². The lowest BCUT2D eigenvalue weighted by atomic mass is 10.5. The van der Waals surface area contributed by atoms with Gasteiger partial charge in [-0.05, 0) is 6.92 Å². The van der Waals surface area contributed by atoms with Crippen molar-refractivity contribution in [2.75, 3.05) is 13.7 Å². The van der Waals surface area contributed by atoms with Crippen molar-refractivity contribution in [3.05, 3.63) is 0 Å². The van der Waals surface area contributed by atoms with Gasteiger partial charge in [0.15, 0.2) is 0 Å². The largest absolute Gasteiger partial charge is 0.391 e. The molecule has 3 nitrogen and oxygen atoms in total. The lowest BCUT2D eigenvalue weighted by Crippen LogP contribution is -2.07. The maximum atomic E-state index is 8.43. The van der Waals surface area contributed by atoms with E-state index in [0.717, 1.165) is 0 Å². The average Bonchev–Trinajstić information content (AvgIpc) is 1.67. The predicted molar refractivity (Wildman–Crippen MR) is 34.8 cm³/mol. The van der Waals surface area contributed by atoms with E-state index < -0.39 is 0 Å². The van der Waals surface area contributed by atoms with Crippen molar-refractivity contribution >= 4 is 0 Å². The Balaban J connectivity index is 0. The highest BCUT2D eigenvalue weighted by atomic mass is 16.5. The smallest absolute Gasteiger partial charge is 0.0745 e. The molecule has 1 N–H and O–H groups in total. The molecule has 0 radical (unpaired) electrons. The van der Waals surface area contributed by atoms with Crippen LogP contribution < -0.4 is 0 Å². The van der Waals surface area contributed by atoms with Gasteiger partial charge in [0.2, 0.25) is 0 Å². The zero-order valence-electron chi connectivity index (χ0n) is 6.09. The van der Waals surface area contributed by atoms with E-state index in [-0.39, 0.29) is 6.10 Å². The third-order valence-electron chi connectivity index (χ3n) is 0.408. The van der Waals surface area contributed by atoms with E-state index in [4.69, 9.17) is 10.4 Å². The summed E-state index contributed by atoms with van der Waals surface area (Å²) in [7, 11) is 1.56. The molecule has 9 heavy (non-hydrogen) atoms. The first-order valence-electron chi connectivity index (χ1n) is 2.66. The Bertz CT molecular complexity index is 75.6. The first-order valence-corrected chi connectivity index (χ1v) is 2.66. The molecule has 1 unspecified atom stereocenters. The molecule has 0 spiro atoms. The molecular weight excluding hydrogens is 118 g/mol. The quantitative estimate of drug-likeness (QED) is 0.595. The van der Waals surface area contributed by atoms with Gasteiger partial charge in [-0.15, -0.1) is 0 Å².